The molecule has 4 nitrogen and oxygen atoms in total. The van der Waals surface area contributed by atoms with Crippen LogP contribution in [0.5, 0.6) is 11.5 Å². The molecule has 0 saturated heterocycles. The van der Waals surface area contributed by atoms with Gasteiger partial charge in [-0.1, -0.05) is 40.9 Å². The minimum absolute atomic E-state index is 0.143. The first-order valence-corrected chi connectivity index (χ1v) is 7.73. The molecule has 0 radical (unpaired) electrons. The monoisotopic (exact) mass is 373 g/mol. The number of benzene rings is 2. The Bertz CT molecular complexity index is 735. The summed E-state index contributed by atoms with van der Waals surface area (Å²) in [5, 5.41) is 3.98. The molecule has 122 valence electrons. The van der Waals surface area contributed by atoms with Crippen molar-refractivity contribution >= 4 is 46.4 Å². The van der Waals surface area contributed by atoms with Crippen molar-refractivity contribution in [2.24, 2.45) is 0 Å². The van der Waals surface area contributed by atoms with Gasteiger partial charge in [0.1, 0.15) is 11.5 Å². The van der Waals surface area contributed by atoms with Crippen LogP contribution in [0.25, 0.3) is 0 Å². The van der Waals surface area contributed by atoms with E-state index in [0.29, 0.717) is 32.3 Å². The van der Waals surface area contributed by atoms with Crippen LogP contribution in [0.3, 0.4) is 0 Å². The van der Waals surface area contributed by atoms with E-state index in [-0.39, 0.29) is 12.3 Å². The lowest BCUT2D eigenvalue weighted by Crippen LogP contribution is -2.15. The molecule has 1 amide bonds. The highest BCUT2D eigenvalue weighted by Gasteiger charge is 2.13. The number of methoxy groups -OCH3 is 2. The van der Waals surface area contributed by atoms with Gasteiger partial charge in [0.15, 0.2) is 0 Å². The summed E-state index contributed by atoms with van der Waals surface area (Å²) in [7, 11) is 3.00. The van der Waals surface area contributed by atoms with E-state index in [2.05, 4.69) is 5.32 Å². The van der Waals surface area contributed by atoms with Gasteiger partial charge in [0.05, 0.1) is 41.4 Å². The zero-order valence-electron chi connectivity index (χ0n) is 12.5. The van der Waals surface area contributed by atoms with Gasteiger partial charge in [0.25, 0.3) is 0 Å². The third kappa shape index (κ3) is 4.44. The molecule has 2 aromatic rings. The van der Waals surface area contributed by atoms with E-state index in [1.807, 2.05) is 0 Å². The topological polar surface area (TPSA) is 47.6 Å². The van der Waals surface area contributed by atoms with E-state index >= 15 is 0 Å². The lowest BCUT2D eigenvalue weighted by molar-refractivity contribution is -0.115. The number of anilines is 1. The van der Waals surface area contributed by atoms with Crippen LogP contribution in [0.15, 0.2) is 30.3 Å². The fourth-order valence-corrected chi connectivity index (χ4v) is 2.55. The van der Waals surface area contributed by atoms with Crippen LogP contribution in [-0.4, -0.2) is 20.1 Å². The fraction of sp³-hybridized carbons (Fsp3) is 0.188. The highest BCUT2D eigenvalue weighted by atomic mass is 35.5. The molecule has 0 fully saturated rings. The smallest absolute Gasteiger partial charge is 0.228 e. The minimum Gasteiger partial charge on any atom is -0.495 e. The van der Waals surface area contributed by atoms with E-state index in [1.165, 1.54) is 14.2 Å². The average Bonchev–Trinajstić information content (AvgIpc) is 2.51. The lowest BCUT2D eigenvalue weighted by atomic mass is 10.1. The zero-order valence-corrected chi connectivity index (χ0v) is 14.7. The second-order valence-corrected chi connectivity index (χ2v) is 5.88. The van der Waals surface area contributed by atoms with Crippen molar-refractivity contribution < 1.29 is 14.3 Å². The summed E-state index contributed by atoms with van der Waals surface area (Å²) in [6.07, 6.45) is 0.143. The number of amides is 1. The van der Waals surface area contributed by atoms with E-state index in [4.69, 9.17) is 44.3 Å². The molecule has 0 unspecified atom stereocenters. The van der Waals surface area contributed by atoms with Gasteiger partial charge < -0.3 is 14.8 Å². The highest BCUT2D eigenvalue weighted by molar-refractivity contribution is 6.42. The number of carbonyl (C=O) groups excluding carboxylic acids is 1. The molecule has 0 bridgehead atoms. The Hall–Kier alpha value is -1.62. The van der Waals surface area contributed by atoms with Gasteiger partial charge in [0, 0.05) is 6.07 Å². The molecule has 0 aliphatic rings. The summed E-state index contributed by atoms with van der Waals surface area (Å²) in [4.78, 5) is 12.2. The SMILES string of the molecule is COc1cc(OC)c(NC(=O)Cc2ccc(Cl)c(Cl)c2)cc1Cl. The van der Waals surface area contributed by atoms with Crippen molar-refractivity contribution in [2.75, 3.05) is 19.5 Å². The van der Waals surface area contributed by atoms with Crippen molar-refractivity contribution in [3.63, 3.8) is 0 Å². The summed E-state index contributed by atoms with van der Waals surface area (Å²) < 4.78 is 10.4. The second-order valence-electron chi connectivity index (χ2n) is 4.66. The number of hydrogen-bond acceptors (Lipinski definition) is 3. The summed E-state index contributed by atoms with van der Waals surface area (Å²) in [5.74, 6) is 0.683. The fourth-order valence-electron chi connectivity index (χ4n) is 1.99. The minimum atomic E-state index is -0.233. The second kappa shape index (κ2) is 7.77. The summed E-state index contributed by atoms with van der Waals surface area (Å²) in [6, 6.07) is 8.23. The van der Waals surface area contributed by atoms with Crippen LogP contribution in [0.2, 0.25) is 15.1 Å². The molecule has 0 heterocycles. The van der Waals surface area contributed by atoms with Crippen molar-refractivity contribution in [2.45, 2.75) is 6.42 Å². The van der Waals surface area contributed by atoms with Crippen LogP contribution in [0.1, 0.15) is 5.56 Å². The lowest BCUT2D eigenvalue weighted by Gasteiger charge is -2.13. The molecule has 1 N–H and O–H groups in total. The molecule has 0 saturated carbocycles. The van der Waals surface area contributed by atoms with Crippen molar-refractivity contribution in [1.82, 2.24) is 0 Å². The van der Waals surface area contributed by atoms with E-state index in [9.17, 15) is 4.79 Å². The van der Waals surface area contributed by atoms with Crippen molar-refractivity contribution in [3.8, 4) is 11.5 Å². The molecule has 0 aromatic heterocycles. The van der Waals surface area contributed by atoms with Gasteiger partial charge in [-0.2, -0.15) is 0 Å². The Morgan fingerprint density at radius 1 is 0.957 bits per heavy atom. The maximum absolute atomic E-state index is 12.2. The van der Waals surface area contributed by atoms with E-state index in [0.717, 1.165) is 5.56 Å². The van der Waals surface area contributed by atoms with Crippen LogP contribution < -0.4 is 14.8 Å². The van der Waals surface area contributed by atoms with Crippen LogP contribution in [-0.2, 0) is 11.2 Å². The normalized spacial score (nSPS) is 10.3. The quantitative estimate of drug-likeness (QED) is 0.814. The highest BCUT2D eigenvalue weighted by Crippen LogP contribution is 2.36. The summed E-state index contributed by atoms with van der Waals surface area (Å²) in [6.45, 7) is 0. The Morgan fingerprint density at radius 3 is 2.26 bits per heavy atom. The number of carbonyl (C=O) groups is 1. The Labute approximate surface area is 149 Å². The van der Waals surface area contributed by atoms with Gasteiger partial charge in [-0.3, -0.25) is 4.79 Å². The number of ether oxygens (including phenoxy) is 2. The van der Waals surface area contributed by atoms with Crippen LogP contribution >= 0.6 is 34.8 Å². The summed E-state index contributed by atoms with van der Waals surface area (Å²) in [5.41, 5.74) is 1.21. The van der Waals surface area contributed by atoms with Gasteiger partial charge in [-0.15, -0.1) is 0 Å². The standard InChI is InChI=1S/C16H14Cl3NO3/c1-22-14-8-15(23-2)13(7-12(14)19)20-16(21)6-9-3-4-10(17)11(18)5-9/h3-5,7-8H,6H2,1-2H3,(H,20,21). The average molecular weight is 375 g/mol. The molecule has 7 heteroatoms. The molecule has 23 heavy (non-hydrogen) atoms. The van der Waals surface area contributed by atoms with Crippen molar-refractivity contribution in [1.29, 1.82) is 0 Å². The Balaban J connectivity index is 2.16. The first-order valence-electron chi connectivity index (χ1n) is 6.60. The zero-order chi connectivity index (χ0) is 17.0. The molecular weight excluding hydrogens is 361 g/mol. The number of nitrogens with one attached hydrogen (secondary N) is 1. The molecule has 0 spiro atoms. The molecule has 2 aromatic carbocycles. The Kier molecular flexibility index (Phi) is 5.99. The number of halogens is 3. The largest absolute Gasteiger partial charge is 0.495 e. The number of rotatable bonds is 5. The van der Waals surface area contributed by atoms with Gasteiger partial charge >= 0.3 is 0 Å². The molecule has 0 aliphatic heterocycles. The van der Waals surface area contributed by atoms with Crippen molar-refractivity contribution in [3.05, 3.63) is 51.0 Å². The van der Waals surface area contributed by atoms with Gasteiger partial charge in [-0.05, 0) is 23.8 Å². The molecule has 2 rings (SSSR count). The first-order chi connectivity index (χ1) is 10.9. The Morgan fingerprint density at radius 2 is 1.65 bits per heavy atom. The van der Waals surface area contributed by atoms with Crippen LogP contribution in [0.4, 0.5) is 5.69 Å². The third-order valence-corrected chi connectivity index (χ3v) is 4.13. The maximum atomic E-state index is 12.2. The van der Waals surface area contributed by atoms with Gasteiger partial charge in [0.2, 0.25) is 5.91 Å². The van der Waals surface area contributed by atoms with Gasteiger partial charge in [-0.25, -0.2) is 0 Å². The maximum Gasteiger partial charge on any atom is 0.228 e. The molecule has 0 aliphatic carbocycles. The molecule has 0 atom stereocenters. The van der Waals surface area contributed by atoms with E-state index in [1.54, 1.807) is 30.3 Å². The first kappa shape index (κ1) is 17.7. The summed E-state index contributed by atoms with van der Waals surface area (Å²) >= 11 is 17.9. The number of hydrogen-bond donors (Lipinski definition) is 1. The predicted octanol–water partition coefficient (Wildman–Crippen LogP) is 4.85. The van der Waals surface area contributed by atoms with E-state index < -0.39 is 0 Å². The molecular formula is C16H14Cl3NO3. The third-order valence-electron chi connectivity index (χ3n) is 3.10. The van der Waals surface area contributed by atoms with Crippen LogP contribution in [0, 0.1) is 0 Å². The predicted molar refractivity (Wildman–Crippen MR) is 93.4 cm³/mol.